The topological polar surface area (TPSA) is 78.0 Å². The lowest BCUT2D eigenvalue weighted by Gasteiger charge is -2.21. The summed E-state index contributed by atoms with van der Waals surface area (Å²) in [5.74, 6) is -0.0282. The molecule has 21 heavy (non-hydrogen) atoms. The van der Waals surface area contributed by atoms with E-state index in [4.69, 9.17) is 0 Å². The molecule has 112 valence electrons. The Bertz CT molecular complexity index is 580. The number of aromatic amines is 1. The summed E-state index contributed by atoms with van der Waals surface area (Å²) >= 11 is 0. The first-order chi connectivity index (χ1) is 10.2. The summed E-state index contributed by atoms with van der Waals surface area (Å²) in [7, 11) is 0. The van der Waals surface area contributed by atoms with Crippen molar-refractivity contribution in [3.8, 4) is 11.3 Å². The van der Waals surface area contributed by atoms with Crippen LogP contribution in [0.5, 0.6) is 0 Å². The molecule has 0 saturated carbocycles. The number of nitrogens with zero attached hydrogens (tertiary/aromatic N) is 1. The molecule has 1 heterocycles. The molecule has 1 aromatic heterocycles. The minimum atomic E-state index is -0.246. The van der Waals surface area contributed by atoms with Crippen LogP contribution in [0.3, 0.4) is 0 Å². The molecule has 0 aliphatic carbocycles. The lowest BCUT2D eigenvalue weighted by Crippen LogP contribution is -2.42. The van der Waals surface area contributed by atoms with E-state index in [-0.39, 0.29) is 24.5 Å². The fourth-order valence-corrected chi connectivity index (χ4v) is 2.09. The molecule has 0 radical (unpaired) electrons. The molecule has 1 aromatic carbocycles. The van der Waals surface area contributed by atoms with Crippen LogP contribution in [0.25, 0.3) is 11.3 Å². The third kappa shape index (κ3) is 3.70. The largest absolute Gasteiger partial charge is 0.394 e. The molecule has 0 unspecified atom stereocenters. The van der Waals surface area contributed by atoms with Crippen LogP contribution in [0, 0.1) is 5.92 Å². The molecular formula is C16H21N3O2. The van der Waals surface area contributed by atoms with E-state index in [9.17, 15) is 9.90 Å². The van der Waals surface area contributed by atoms with E-state index in [1.165, 1.54) is 0 Å². The van der Waals surface area contributed by atoms with Gasteiger partial charge < -0.3 is 10.4 Å². The lowest BCUT2D eigenvalue weighted by atomic mass is 10.00. The third-order valence-electron chi connectivity index (χ3n) is 3.74. The van der Waals surface area contributed by atoms with Gasteiger partial charge in [-0.25, -0.2) is 0 Å². The molecule has 0 fully saturated rings. The van der Waals surface area contributed by atoms with Crippen LogP contribution in [-0.2, 0) is 0 Å². The van der Waals surface area contributed by atoms with Crippen molar-refractivity contribution < 1.29 is 9.90 Å². The van der Waals surface area contributed by atoms with Crippen LogP contribution in [0.1, 0.15) is 30.8 Å². The van der Waals surface area contributed by atoms with Crippen molar-refractivity contribution in [2.45, 2.75) is 26.3 Å². The Hall–Kier alpha value is -2.14. The van der Waals surface area contributed by atoms with Crippen molar-refractivity contribution in [3.05, 3.63) is 42.1 Å². The normalized spacial score (nSPS) is 13.7. The monoisotopic (exact) mass is 287 g/mol. The Kier molecular flexibility index (Phi) is 5.11. The average molecular weight is 287 g/mol. The summed E-state index contributed by atoms with van der Waals surface area (Å²) in [5.41, 5.74) is 2.08. The molecule has 0 aliphatic heterocycles. The smallest absolute Gasteiger partial charge is 0.269 e. The van der Waals surface area contributed by atoms with Crippen LogP contribution in [0.15, 0.2) is 36.4 Å². The molecule has 5 heteroatoms. The zero-order chi connectivity index (χ0) is 15.2. The van der Waals surface area contributed by atoms with E-state index in [1.807, 2.05) is 44.2 Å². The van der Waals surface area contributed by atoms with Gasteiger partial charge in [0.2, 0.25) is 0 Å². The first-order valence-electron chi connectivity index (χ1n) is 7.18. The van der Waals surface area contributed by atoms with E-state index < -0.39 is 0 Å². The van der Waals surface area contributed by atoms with Crippen LogP contribution in [-0.4, -0.2) is 33.9 Å². The van der Waals surface area contributed by atoms with Gasteiger partial charge in [-0.1, -0.05) is 50.6 Å². The van der Waals surface area contributed by atoms with Crippen molar-refractivity contribution in [1.29, 1.82) is 0 Å². The minimum Gasteiger partial charge on any atom is -0.394 e. The van der Waals surface area contributed by atoms with Gasteiger partial charge in [0.15, 0.2) is 0 Å². The van der Waals surface area contributed by atoms with E-state index in [0.717, 1.165) is 17.7 Å². The van der Waals surface area contributed by atoms with Gasteiger partial charge in [-0.15, -0.1) is 0 Å². The number of benzene rings is 1. The van der Waals surface area contributed by atoms with Gasteiger partial charge in [0.1, 0.15) is 5.69 Å². The number of nitrogens with one attached hydrogen (secondary N) is 2. The van der Waals surface area contributed by atoms with E-state index in [2.05, 4.69) is 15.5 Å². The highest BCUT2D eigenvalue weighted by atomic mass is 16.3. The van der Waals surface area contributed by atoms with Crippen LogP contribution in [0.2, 0.25) is 0 Å². The lowest BCUT2D eigenvalue weighted by molar-refractivity contribution is 0.0886. The highest BCUT2D eigenvalue weighted by molar-refractivity contribution is 5.93. The number of aliphatic hydroxyl groups excluding tert-OH is 1. The molecule has 2 rings (SSSR count). The predicted octanol–water partition coefficient (Wildman–Crippen LogP) is 2.21. The van der Waals surface area contributed by atoms with Gasteiger partial charge in [0.25, 0.3) is 5.91 Å². The number of hydrogen-bond donors (Lipinski definition) is 3. The number of rotatable bonds is 6. The van der Waals surface area contributed by atoms with Gasteiger partial charge in [-0.05, 0) is 12.0 Å². The van der Waals surface area contributed by atoms with Crippen molar-refractivity contribution in [2.75, 3.05) is 6.61 Å². The van der Waals surface area contributed by atoms with Gasteiger partial charge in [0, 0.05) is 5.56 Å². The molecule has 5 nitrogen and oxygen atoms in total. The Morgan fingerprint density at radius 1 is 1.38 bits per heavy atom. The standard InChI is InChI=1S/C16H21N3O2/c1-3-11(2)15(10-20)17-16(21)14-9-13(18-19-14)12-7-5-4-6-8-12/h4-9,11,15,20H,3,10H2,1-2H3,(H,17,21)(H,18,19)/t11-,15+/m0/s1. The summed E-state index contributed by atoms with van der Waals surface area (Å²) < 4.78 is 0. The molecule has 1 amide bonds. The summed E-state index contributed by atoms with van der Waals surface area (Å²) in [6.07, 6.45) is 0.893. The summed E-state index contributed by atoms with van der Waals surface area (Å²) in [4.78, 5) is 12.2. The van der Waals surface area contributed by atoms with Gasteiger partial charge in [-0.2, -0.15) is 5.10 Å². The zero-order valence-corrected chi connectivity index (χ0v) is 12.3. The van der Waals surface area contributed by atoms with Crippen LogP contribution in [0.4, 0.5) is 0 Å². The fourth-order valence-electron chi connectivity index (χ4n) is 2.09. The Balaban J connectivity index is 2.09. The molecule has 0 aliphatic rings. The molecule has 0 spiro atoms. The maximum atomic E-state index is 12.2. The molecule has 2 atom stereocenters. The van der Waals surface area contributed by atoms with Crippen molar-refractivity contribution in [2.24, 2.45) is 5.92 Å². The first-order valence-corrected chi connectivity index (χ1v) is 7.18. The number of hydrogen-bond acceptors (Lipinski definition) is 3. The SMILES string of the molecule is CC[C@H](C)[C@@H](CO)NC(=O)c1cc(-c2ccccc2)n[nH]1. The number of carbonyl (C=O) groups excluding carboxylic acids is 1. The Morgan fingerprint density at radius 2 is 2.10 bits per heavy atom. The second-order valence-corrected chi connectivity index (χ2v) is 5.18. The third-order valence-corrected chi connectivity index (χ3v) is 3.74. The van der Waals surface area contributed by atoms with Crippen molar-refractivity contribution >= 4 is 5.91 Å². The van der Waals surface area contributed by atoms with Gasteiger partial charge >= 0.3 is 0 Å². The number of H-pyrrole nitrogens is 1. The number of aliphatic hydroxyl groups is 1. The highest BCUT2D eigenvalue weighted by Crippen LogP contribution is 2.17. The maximum absolute atomic E-state index is 12.2. The minimum absolute atomic E-state index is 0.0690. The summed E-state index contributed by atoms with van der Waals surface area (Å²) in [6.45, 7) is 3.97. The molecule has 2 aromatic rings. The van der Waals surface area contributed by atoms with Gasteiger partial charge in [-0.3, -0.25) is 9.89 Å². The van der Waals surface area contributed by atoms with Gasteiger partial charge in [0.05, 0.1) is 18.3 Å². The van der Waals surface area contributed by atoms with E-state index in [0.29, 0.717) is 5.69 Å². The molecule has 3 N–H and O–H groups in total. The maximum Gasteiger partial charge on any atom is 0.269 e. The summed E-state index contributed by atoms with van der Waals surface area (Å²) in [6, 6.07) is 11.1. The molecule has 0 saturated heterocycles. The van der Waals surface area contributed by atoms with Crippen molar-refractivity contribution in [3.63, 3.8) is 0 Å². The quantitative estimate of drug-likeness (QED) is 0.762. The molecule has 0 bridgehead atoms. The molecular weight excluding hydrogens is 266 g/mol. The van der Waals surface area contributed by atoms with Crippen LogP contribution >= 0.6 is 0 Å². The Morgan fingerprint density at radius 3 is 2.71 bits per heavy atom. The Labute approximate surface area is 124 Å². The van der Waals surface area contributed by atoms with E-state index >= 15 is 0 Å². The van der Waals surface area contributed by atoms with E-state index in [1.54, 1.807) is 6.07 Å². The second-order valence-electron chi connectivity index (χ2n) is 5.18. The zero-order valence-electron chi connectivity index (χ0n) is 12.3. The first kappa shape index (κ1) is 15.3. The number of carbonyl (C=O) groups is 1. The average Bonchev–Trinajstić information content (AvgIpc) is 3.02. The number of aromatic nitrogens is 2. The van der Waals surface area contributed by atoms with Crippen LogP contribution < -0.4 is 5.32 Å². The summed E-state index contributed by atoms with van der Waals surface area (Å²) in [5, 5.41) is 19.1. The van der Waals surface area contributed by atoms with Crippen molar-refractivity contribution in [1.82, 2.24) is 15.5 Å². The number of amides is 1. The fraction of sp³-hybridized carbons (Fsp3) is 0.375. The predicted molar refractivity (Wildman–Crippen MR) is 81.8 cm³/mol. The second kappa shape index (κ2) is 7.04. The highest BCUT2D eigenvalue weighted by Gasteiger charge is 2.19.